The normalized spacial score (nSPS) is 25.1. The minimum absolute atomic E-state index is 0.211. The molecule has 15 heavy (non-hydrogen) atoms. The van der Waals surface area contributed by atoms with Gasteiger partial charge in [0.05, 0.1) is 0 Å². The van der Waals surface area contributed by atoms with Gasteiger partial charge in [-0.2, -0.15) is 0 Å². The summed E-state index contributed by atoms with van der Waals surface area (Å²) in [5.41, 5.74) is 0. The van der Waals surface area contributed by atoms with Crippen LogP contribution in [0.15, 0.2) is 0 Å². The molecule has 0 radical (unpaired) electrons. The van der Waals surface area contributed by atoms with Crippen molar-refractivity contribution in [3.8, 4) is 0 Å². The van der Waals surface area contributed by atoms with E-state index in [4.69, 9.17) is 0 Å². The van der Waals surface area contributed by atoms with Crippen LogP contribution in [-0.2, 0) is 4.79 Å². The lowest BCUT2D eigenvalue weighted by atomic mass is 10.0. The van der Waals surface area contributed by atoms with Crippen LogP contribution in [0.3, 0.4) is 0 Å². The largest absolute Gasteiger partial charge is 0.341 e. The predicted molar refractivity (Wildman–Crippen MR) is 64.9 cm³/mol. The molecule has 0 saturated carbocycles. The Hall–Kier alpha value is -0.570. The third-order valence-corrected chi connectivity index (χ3v) is 3.04. The van der Waals surface area contributed by atoms with Gasteiger partial charge in [-0.25, -0.2) is 0 Å². The van der Waals surface area contributed by atoms with Crippen LogP contribution >= 0.6 is 0 Å². The van der Waals surface area contributed by atoms with Crippen LogP contribution in [0, 0.1) is 5.92 Å². The second-order valence-corrected chi connectivity index (χ2v) is 4.12. The van der Waals surface area contributed by atoms with E-state index in [-0.39, 0.29) is 5.91 Å². The number of amides is 1. The van der Waals surface area contributed by atoms with Gasteiger partial charge >= 0.3 is 0 Å². The van der Waals surface area contributed by atoms with Gasteiger partial charge in [-0.05, 0) is 20.0 Å². The first-order chi connectivity index (χ1) is 7.06. The van der Waals surface area contributed by atoms with Crippen LogP contribution in [0.2, 0.25) is 0 Å². The van der Waals surface area contributed by atoms with Gasteiger partial charge in [0.15, 0.2) is 0 Å². The fraction of sp³-hybridized carbons (Fsp3) is 0.917. The molecule has 1 saturated heterocycles. The predicted octanol–water partition coefficient (Wildman–Crippen LogP) is 1.83. The van der Waals surface area contributed by atoms with Gasteiger partial charge in [-0.3, -0.25) is 4.79 Å². The molecule has 0 spiro atoms. The molecule has 1 amide bonds. The monoisotopic (exact) mass is 214 g/mol. The van der Waals surface area contributed by atoms with Gasteiger partial charge in [0.1, 0.15) is 0 Å². The summed E-state index contributed by atoms with van der Waals surface area (Å²) in [6, 6.07) is 0.550. The fourth-order valence-electron chi connectivity index (χ4n) is 2.10. The first kappa shape index (κ1) is 14.4. The molecule has 1 aliphatic rings. The maximum atomic E-state index is 11.2. The number of carbonyl (C=O) groups is 1. The highest BCUT2D eigenvalue weighted by Crippen LogP contribution is 2.22. The minimum Gasteiger partial charge on any atom is -0.341 e. The Labute approximate surface area is 94.4 Å². The molecule has 0 aliphatic carbocycles. The summed E-state index contributed by atoms with van der Waals surface area (Å²) in [6.45, 7) is 9.70. The van der Waals surface area contributed by atoms with E-state index in [1.165, 1.54) is 0 Å². The van der Waals surface area contributed by atoms with E-state index in [1.807, 2.05) is 18.7 Å². The van der Waals surface area contributed by atoms with E-state index in [9.17, 15) is 4.79 Å². The van der Waals surface area contributed by atoms with Crippen LogP contribution in [0.4, 0.5) is 0 Å². The van der Waals surface area contributed by atoms with E-state index in [1.54, 1.807) is 6.92 Å². The highest BCUT2D eigenvalue weighted by atomic mass is 16.2. The van der Waals surface area contributed by atoms with Gasteiger partial charge in [0, 0.05) is 26.1 Å². The van der Waals surface area contributed by atoms with Crippen molar-refractivity contribution in [1.82, 2.24) is 9.80 Å². The number of hydrogen-bond donors (Lipinski definition) is 0. The Morgan fingerprint density at radius 3 is 2.13 bits per heavy atom. The first-order valence-corrected chi connectivity index (χ1v) is 5.98. The van der Waals surface area contributed by atoms with E-state index in [0.29, 0.717) is 12.0 Å². The standard InChI is InChI=1S/C10H20N2O.C2H6/c1-5-9-6-12(8(2)13)7-10(9)11(3)4;1-2/h9-10H,5-7H2,1-4H3;1-2H3. The molecule has 2 unspecified atom stereocenters. The molecule has 90 valence electrons. The number of likely N-dealkylation sites (tertiary alicyclic amines) is 1. The molecule has 3 heteroatoms. The molecule has 1 aliphatic heterocycles. The van der Waals surface area contributed by atoms with E-state index >= 15 is 0 Å². The average molecular weight is 214 g/mol. The van der Waals surface area contributed by atoms with E-state index < -0.39 is 0 Å². The number of nitrogens with zero attached hydrogens (tertiary/aromatic N) is 2. The molecule has 0 bridgehead atoms. The zero-order valence-corrected chi connectivity index (χ0v) is 11.1. The molecule has 0 aromatic heterocycles. The van der Waals surface area contributed by atoms with Crippen LogP contribution in [0.1, 0.15) is 34.1 Å². The fourth-order valence-corrected chi connectivity index (χ4v) is 2.10. The van der Waals surface area contributed by atoms with Crippen LogP contribution < -0.4 is 0 Å². The summed E-state index contributed by atoms with van der Waals surface area (Å²) in [5.74, 6) is 0.863. The van der Waals surface area contributed by atoms with E-state index in [0.717, 1.165) is 19.5 Å². The zero-order chi connectivity index (χ0) is 12.0. The Balaban J connectivity index is 0.000000921. The summed E-state index contributed by atoms with van der Waals surface area (Å²) in [7, 11) is 4.19. The van der Waals surface area contributed by atoms with Gasteiger partial charge in [-0.1, -0.05) is 27.2 Å². The van der Waals surface area contributed by atoms with E-state index in [2.05, 4.69) is 25.9 Å². The lowest BCUT2D eigenvalue weighted by Crippen LogP contribution is -2.35. The van der Waals surface area contributed by atoms with Crippen molar-refractivity contribution >= 4 is 5.91 Å². The van der Waals surface area contributed by atoms with Crippen molar-refractivity contribution in [3.05, 3.63) is 0 Å². The molecule has 1 rings (SSSR count). The molecule has 3 nitrogen and oxygen atoms in total. The number of likely N-dealkylation sites (N-methyl/N-ethyl adjacent to an activating group) is 1. The Morgan fingerprint density at radius 1 is 1.33 bits per heavy atom. The lowest BCUT2D eigenvalue weighted by molar-refractivity contribution is -0.128. The Morgan fingerprint density at radius 2 is 1.87 bits per heavy atom. The third kappa shape index (κ3) is 3.82. The molecule has 1 fully saturated rings. The summed E-state index contributed by atoms with van der Waals surface area (Å²) in [5, 5.41) is 0. The van der Waals surface area contributed by atoms with Crippen molar-refractivity contribution in [2.75, 3.05) is 27.2 Å². The maximum Gasteiger partial charge on any atom is 0.219 e. The van der Waals surface area contributed by atoms with Crippen molar-refractivity contribution in [1.29, 1.82) is 0 Å². The molecular weight excluding hydrogens is 188 g/mol. The third-order valence-electron chi connectivity index (χ3n) is 3.04. The summed E-state index contributed by atoms with van der Waals surface area (Å²) in [6.07, 6.45) is 1.16. The van der Waals surface area contributed by atoms with Crippen molar-refractivity contribution in [2.24, 2.45) is 5.92 Å². The highest BCUT2D eigenvalue weighted by Gasteiger charge is 2.33. The Bertz CT molecular complexity index is 192. The summed E-state index contributed by atoms with van der Waals surface area (Å²) < 4.78 is 0. The lowest BCUT2D eigenvalue weighted by Gasteiger charge is -2.23. The molecular formula is C12H26N2O. The molecule has 0 aromatic carbocycles. The van der Waals surface area contributed by atoms with Crippen LogP contribution in [0.5, 0.6) is 0 Å². The first-order valence-electron chi connectivity index (χ1n) is 5.98. The molecule has 0 aromatic rings. The second-order valence-electron chi connectivity index (χ2n) is 4.12. The summed E-state index contributed by atoms with van der Waals surface area (Å²) >= 11 is 0. The average Bonchev–Trinajstić information content (AvgIpc) is 2.64. The smallest absolute Gasteiger partial charge is 0.219 e. The van der Waals surface area contributed by atoms with Crippen LogP contribution in [0.25, 0.3) is 0 Å². The quantitative estimate of drug-likeness (QED) is 0.700. The molecule has 2 atom stereocenters. The van der Waals surface area contributed by atoms with Gasteiger partial charge < -0.3 is 9.80 Å². The number of carbonyl (C=O) groups excluding carboxylic acids is 1. The Kier molecular flexibility index (Phi) is 6.57. The minimum atomic E-state index is 0.211. The number of rotatable bonds is 2. The van der Waals surface area contributed by atoms with Gasteiger partial charge in [-0.15, -0.1) is 0 Å². The van der Waals surface area contributed by atoms with Crippen molar-refractivity contribution < 1.29 is 4.79 Å². The highest BCUT2D eigenvalue weighted by molar-refractivity contribution is 5.73. The maximum absolute atomic E-state index is 11.2. The second kappa shape index (κ2) is 6.83. The molecule has 1 heterocycles. The van der Waals surface area contributed by atoms with Crippen molar-refractivity contribution in [3.63, 3.8) is 0 Å². The van der Waals surface area contributed by atoms with Crippen molar-refractivity contribution in [2.45, 2.75) is 40.2 Å². The van der Waals surface area contributed by atoms with Crippen LogP contribution in [-0.4, -0.2) is 48.9 Å². The SMILES string of the molecule is CC.CCC1CN(C(C)=O)CC1N(C)C. The topological polar surface area (TPSA) is 23.6 Å². The summed E-state index contributed by atoms with van der Waals surface area (Å²) in [4.78, 5) is 15.4. The molecule has 0 N–H and O–H groups in total. The van der Waals surface area contributed by atoms with Gasteiger partial charge in [0.25, 0.3) is 0 Å². The van der Waals surface area contributed by atoms with Gasteiger partial charge in [0.2, 0.25) is 5.91 Å². The zero-order valence-electron chi connectivity index (χ0n) is 11.1. The number of hydrogen-bond acceptors (Lipinski definition) is 2.